The zero-order valence-electron chi connectivity index (χ0n) is 9.48. The van der Waals surface area contributed by atoms with E-state index >= 15 is 0 Å². The van der Waals surface area contributed by atoms with Crippen LogP contribution in [-0.4, -0.2) is 21.6 Å². The van der Waals surface area contributed by atoms with Gasteiger partial charge in [0.15, 0.2) is 0 Å². The lowest BCUT2D eigenvalue weighted by molar-refractivity contribution is 0.312. The summed E-state index contributed by atoms with van der Waals surface area (Å²) in [5.74, 6) is 0.406. The first-order chi connectivity index (χ1) is 8.67. The summed E-state index contributed by atoms with van der Waals surface area (Å²) < 4.78 is 6.28. The smallest absolute Gasteiger partial charge is 0.322 e. The van der Waals surface area contributed by atoms with E-state index in [0.717, 1.165) is 8.66 Å². The van der Waals surface area contributed by atoms with Crippen LogP contribution in [0.1, 0.15) is 11.8 Å². The van der Waals surface area contributed by atoms with Gasteiger partial charge in [-0.15, -0.1) is 11.3 Å². The second kappa shape index (κ2) is 6.31. The van der Waals surface area contributed by atoms with E-state index in [2.05, 4.69) is 36.2 Å². The van der Waals surface area contributed by atoms with Crippen LogP contribution in [0.4, 0.5) is 5.95 Å². The number of hydrogen-bond donors (Lipinski definition) is 1. The third-order valence-electron chi connectivity index (χ3n) is 1.91. The van der Waals surface area contributed by atoms with Crippen molar-refractivity contribution in [1.82, 2.24) is 15.0 Å². The summed E-state index contributed by atoms with van der Waals surface area (Å²) in [7, 11) is 0. The summed E-state index contributed by atoms with van der Waals surface area (Å²) >= 11 is 10.8. The van der Waals surface area contributed by atoms with Crippen molar-refractivity contribution in [3.8, 4) is 6.01 Å². The van der Waals surface area contributed by atoms with Gasteiger partial charge < -0.3 is 10.1 Å². The first-order valence-electron chi connectivity index (χ1n) is 5.20. The Kier molecular flexibility index (Phi) is 4.73. The molecule has 0 aliphatic rings. The molecule has 1 N–H and O–H groups in total. The molecule has 0 radical (unpaired) electrons. The normalized spacial score (nSPS) is 10.4. The second-order valence-corrected chi connectivity index (χ2v) is 6.09. The van der Waals surface area contributed by atoms with E-state index in [0.29, 0.717) is 19.1 Å². The third-order valence-corrected chi connectivity index (χ3v) is 3.70. The lowest BCUT2D eigenvalue weighted by Gasteiger charge is -2.05. The minimum atomic E-state index is 0.114. The minimum Gasteiger partial charge on any atom is -0.464 e. The Morgan fingerprint density at radius 2 is 2.22 bits per heavy atom. The van der Waals surface area contributed by atoms with Crippen LogP contribution in [0.2, 0.25) is 5.28 Å². The van der Waals surface area contributed by atoms with Crippen LogP contribution in [0.25, 0.3) is 0 Å². The monoisotopic (exact) mass is 348 g/mol. The molecule has 0 aromatic carbocycles. The van der Waals surface area contributed by atoms with Gasteiger partial charge in [-0.05, 0) is 46.6 Å². The van der Waals surface area contributed by atoms with Gasteiger partial charge in [-0.3, -0.25) is 0 Å². The molecule has 18 heavy (non-hydrogen) atoms. The molecule has 0 unspecified atom stereocenters. The van der Waals surface area contributed by atoms with Crippen molar-refractivity contribution in [3.63, 3.8) is 0 Å². The number of nitrogens with zero attached hydrogens (tertiary/aromatic N) is 3. The van der Waals surface area contributed by atoms with Gasteiger partial charge >= 0.3 is 6.01 Å². The molecule has 0 aliphatic heterocycles. The summed E-state index contributed by atoms with van der Waals surface area (Å²) in [6.45, 7) is 2.97. The third kappa shape index (κ3) is 3.79. The molecule has 0 spiro atoms. The molecule has 2 aromatic rings. The largest absolute Gasteiger partial charge is 0.464 e. The lowest BCUT2D eigenvalue weighted by atomic mass is 10.5. The van der Waals surface area contributed by atoms with Gasteiger partial charge in [-0.2, -0.15) is 15.0 Å². The zero-order valence-corrected chi connectivity index (χ0v) is 12.6. The minimum absolute atomic E-state index is 0.114. The molecule has 0 amide bonds. The molecule has 8 heteroatoms. The van der Waals surface area contributed by atoms with Crippen molar-refractivity contribution in [2.45, 2.75) is 13.5 Å². The van der Waals surface area contributed by atoms with Crippen molar-refractivity contribution in [3.05, 3.63) is 26.1 Å². The van der Waals surface area contributed by atoms with Crippen LogP contribution in [-0.2, 0) is 6.54 Å². The lowest BCUT2D eigenvalue weighted by Crippen LogP contribution is -2.06. The Morgan fingerprint density at radius 3 is 2.89 bits per heavy atom. The predicted molar refractivity (Wildman–Crippen MR) is 75.4 cm³/mol. The molecule has 0 bridgehead atoms. The number of nitrogens with one attached hydrogen (secondary N) is 1. The maximum absolute atomic E-state index is 5.78. The van der Waals surface area contributed by atoms with Gasteiger partial charge in [0, 0.05) is 4.88 Å². The molecule has 0 saturated carbocycles. The molecule has 2 rings (SSSR count). The highest BCUT2D eigenvalue weighted by Gasteiger charge is 2.06. The van der Waals surface area contributed by atoms with E-state index in [1.807, 2.05) is 19.1 Å². The fourth-order valence-electron chi connectivity index (χ4n) is 1.22. The predicted octanol–water partition coefficient (Wildman–Crippen LogP) is 3.36. The number of anilines is 1. The SMILES string of the molecule is CCOc1nc(Cl)nc(NCc2ccc(Br)s2)n1. The molecule has 0 aliphatic carbocycles. The Labute approximate surface area is 122 Å². The molecule has 5 nitrogen and oxygen atoms in total. The van der Waals surface area contributed by atoms with E-state index < -0.39 is 0 Å². The van der Waals surface area contributed by atoms with E-state index in [1.54, 1.807) is 11.3 Å². The van der Waals surface area contributed by atoms with Gasteiger partial charge in [-0.25, -0.2) is 0 Å². The van der Waals surface area contributed by atoms with Crippen LogP contribution in [0, 0.1) is 0 Å². The fraction of sp³-hybridized carbons (Fsp3) is 0.300. The molecule has 0 atom stereocenters. The molecule has 0 fully saturated rings. The Balaban J connectivity index is 2.04. The molecule has 2 heterocycles. The highest BCUT2D eigenvalue weighted by atomic mass is 79.9. The van der Waals surface area contributed by atoms with Crippen LogP contribution < -0.4 is 10.1 Å². The number of ether oxygens (including phenoxy) is 1. The van der Waals surface area contributed by atoms with Crippen LogP contribution >= 0.6 is 38.9 Å². The van der Waals surface area contributed by atoms with Gasteiger partial charge in [-0.1, -0.05) is 0 Å². The zero-order chi connectivity index (χ0) is 13.0. The number of aromatic nitrogens is 3. The van der Waals surface area contributed by atoms with Gasteiger partial charge in [0.25, 0.3) is 0 Å². The summed E-state index contributed by atoms with van der Waals surface area (Å²) in [6, 6.07) is 4.24. The number of halogens is 2. The highest BCUT2D eigenvalue weighted by molar-refractivity contribution is 9.11. The van der Waals surface area contributed by atoms with Gasteiger partial charge in [0.05, 0.1) is 16.9 Å². The first-order valence-corrected chi connectivity index (χ1v) is 7.18. The van der Waals surface area contributed by atoms with Crippen molar-refractivity contribution < 1.29 is 4.74 Å². The summed E-state index contributed by atoms with van der Waals surface area (Å²) in [6.07, 6.45) is 0. The van der Waals surface area contributed by atoms with Crippen LogP contribution in [0.5, 0.6) is 6.01 Å². The van der Waals surface area contributed by atoms with Crippen LogP contribution in [0.3, 0.4) is 0 Å². The van der Waals surface area contributed by atoms with E-state index in [-0.39, 0.29) is 11.3 Å². The second-order valence-electron chi connectivity index (χ2n) is 3.20. The quantitative estimate of drug-likeness (QED) is 0.897. The maximum Gasteiger partial charge on any atom is 0.322 e. The van der Waals surface area contributed by atoms with Crippen molar-refractivity contribution >= 4 is 44.8 Å². The molecule has 0 saturated heterocycles. The number of rotatable bonds is 5. The molecule has 96 valence electrons. The van der Waals surface area contributed by atoms with E-state index in [1.165, 1.54) is 0 Å². The standard InChI is InChI=1S/C10H10BrClN4OS/c1-2-17-10-15-8(12)14-9(16-10)13-5-6-3-4-7(11)18-6/h3-4H,2,5H2,1H3,(H,13,14,15,16). The van der Waals surface area contributed by atoms with Crippen LogP contribution in [0.15, 0.2) is 15.9 Å². The number of thiophene rings is 1. The fourth-order valence-corrected chi connectivity index (χ4v) is 2.79. The average Bonchev–Trinajstić information content (AvgIpc) is 2.72. The Hall–Kier alpha value is -0.920. The number of hydrogen-bond acceptors (Lipinski definition) is 6. The molecule has 2 aromatic heterocycles. The first kappa shape index (κ1) is 13.5. The van der Waals surface area contributed by atoms with Crippen molar-refractivity contribution in [2.24, 2.45) is 0 Å². The summed E-state index contributed by atoms with van der Waals surface area (Å²) in [5, 5.41) is 3.19. The topological polar surface area (TPSA) is 59.9 Å². The van der Waals surface area contributed by atoms with E-state index in [4.69, 9.17) is 16.3 Å². The van der Waals surface area contributed by atoms with Crippen molar-refractivity contribution in [2.75, 3.05) is 11.9 Å². The molecular formula is C10H10BrClN4OS. The van der Waals surface area contributed by atoms with E-state index in [9.17, 15) is 0 Å². The average molecular weight is 350 g/mol. The molecular weight excluding hydrogens is 340 g/mol. The Bertz CT molecular complexity index is 536. The summed E-state index contributed by atoms with van der Waals surface area (Å²) in [5.41, 5.74) is 0. The Morgan fingerprint density at radius 1 is 1.39 bits per heavy atom. The maximum atomic E-state index is 5.78. The van der Waals surface area contributed by atoms with Gasteiger partial charge in [0.2, 0.25) is 11.2 Å². The van der Waals surface area contributed by atoms with Gasteiger partial charge in [0.1, 0.15) is 0 Å². The highest BCUT2D eigenvalue weighted by Crippen LogP contribution is 2.22. The summed E-state index contributed by atoms with van der Waals surface area (Å²) in [4.78, 5) is 13.1. The van der Waals surface area contributed by atoms with Crippen molar-refractivity contribution in [1.29, 1.82) is 0 Å².